The molecule has 2 aliphatic rings. The van der Waals surface area contributed by atoms with Gasteiger partial charge in [-0.3, -0.25) is 19.4 Å². The van der Waals surface area contributed by atoms with Gasteiger partial charge in [0.25, 0.3) is 0 Å². The molecule has 0 radical (unpaired) electrons. The summed E-state index contributed by atoms with van der Waals surface area (Å²) in [5.41, 5.74) is 1.26. The number of carbonyl (C=O) groups excluding carboxylic acids is 2. The Morgan fingerprint density at radius 3 is 2.63 bits per heavy atom. The predicted molar refractivity (Wildman–Crippen MR) is 104 cm³/mol. The van der Waals surface area contributed by atoms with E-state index in [4.69, 9.17) is 4.74 Å². The number of ether oxygens (including phenoxy) is 1. The maximum Gasteiger partial charge on any atom is 0.320 e. The van der Waals surface area contributed by atoms with Crippen LogP contribution in [0, 0.1) is 0 Å². The van der Waals surface area contributed by atoms with Crippen LogP contribution >= 0.6 is 0 Å². The van der Waals surface area contributed by atoms with Crippen LogP contribution in [-0.2, 0) is 20.9 Å². The lowest BCUT2D eigenvalue weighted by Gasteiger charge is -2.29. The van der Waals surface area contributed by atoms with Crippen molar-refractivity contribution in [1.82, 2.24) is 14.7 Å². The fourth-order valence-corrected chi connectivity index (χ4v) is 4.06. The first-order chi connectivity index (χ1) is 13.2. The molecule has 3 rings (SSSR count). The zero-order valence-corrected chi connectivity index (χ0v) is 16.3. The third-order valence-corrected chi connectivity index (χ3v) is 5.44. The Kier molecular flexibility index (Phi) is 7.24. The van der Waals surface area contributed by atoms with E-state index < -0.39 is 0 Å². The van der Waals surface area contributed by atoms with Gasteiger partial charge in [-0.2, -0.15) is 0 Å². The fraction of sp³-hybridized carbons (Fsp3) is 0.619. The van der Waals surface area contributed by atoms with Crippen LogP contribution in [0.1, 0.15) is 31.7 Å². The Bertz CT molecular complexity index is 622. The summed E-state index contributed by atoms with van der Waals surface area (Å²) in [6, 6.07) is 10.4. The first-order valence-electron chi connectivity index (χ1n) is 10.1. The number of nitrogens with zero attached hydrogens (tertiary/aromatic N) is 3. The molecule has 6 nitrogen and oxygen atoms in total. The van der Waals surface area contributed by atoms with Gasteiger partial charge in [-0.05, 0) is 38.3 Å². The van der Waals surface area contributed by atoms with Crippen molar-refractivity contribution in [2.45, 2.75) is 38.8 Å². The molecule has 27 heavy (non-hydrogen) atoms. The highest BCUT2D eigenvalue weighted by atomic mass is 16.5. The highest BCUT2D eigenvalue weighted by Crippen LogP contribution is 2.22. The molecule has 0 bridgehead atoms. The standard InChI is InChI=1S/C21H31N3O3/c1-2-27-20(25)17-22-11-7-13-23(15-14-22)21(26)19-10-6-12-24(19)16-18-8-4-3-5-9-18/h3-5,8-9,19H,2,6-7,10-17H2,1H3. The lowest BCUT2D eigenvalue weighted by Crippen LogP contribution is -2.46. The minimum atomic E-state index is -0.179. The molecule has 1 aromatic rings. The van der Waals surface area contributed by atoms with Gasteiger partial charge in [-0.1, -0.05) is 30.3 Å². The maximum atomic E-state index is 13.2. The number of benzene rings is 1. The number of rotatable bonds is 6. The second-order valence-electron chi connectivity index (χ2n) is 7.37. The molecule has 0 N–H and O–H groups in total. The highest BCUT2D eigenvalue weighted by Gasteiger charge is 2.34. The van der Waals surface area contributed by atoms with Gasteiger partial charge in [0.05, 0.1) is 19.2 Å². The third-order valence-electron chi connectivity index (χ3n) is 5.44. The van der Waals surface area contributed by atoms with Crippen molar-refractivity contribution >= 4 is 11.9 Å². The van der Waals surface area contributed by atoms with Crippen LogP contribution in [0.3, 0.4) is 0 Å². The Balaban J connectivity index is 1.54. The Hall–Kier alpha value is -1.92. The zero-order valence-electron chi connectivity index (χ0n) is 16.3. The second-order valence-corrected chi connectivity index (χ2v) is 7.37. The smallest absolute Gasteiger partial charge is 0.320 e. The molecule has 148 valence electrons. The van der Waals surface area contributed by atoms with Gasteiger partial charge < -0.3 is 9.64 Å². The summed E-state index contributed by atoms with van der Waals surface area (Å²) in [5, 5.41) is 0. The summed E-state index contributed by atoms with van der Waals surface area (Å²) < 4.78 is 5.04. The minimum absolute atomic E-state index is 0.0122. The van der Waals surface area contributed by atoms with E-state index in [1.165, 1.54) is 5.56 Å². The Morgan fingerprint density at radius 1 is 1.04 bits per heavy atom. The molecular formula is C21H31N3O3. The molecule has 0 aromatic heterocycles. The van der Waals surface area contributed by atoms with E-state index in [1.54, 1.807) is 0 Å². The summed E-state index contributed by atoms with van der Waals surface area (Å²) in [6.07, 6.45) is 2.91. The Labute approximate surface area is 162 Å². The molecule has 2 aliphatic heterocycles. The van der Waals surface area contributed by atoms with Crippen LogP contribution in [0.2, 0.25) is 0 Å². The van der Waals surface area contributed by atoms with Gasteiger partial charge in [0.15, 0.2) is 0 Å². The normalized spacial score (nSPS) is 21.8. The molecule has 1 aromatic carbocycles. The van der Waals surface area contributed by atoms with Gasteiger partial charge in [-0.25, -0.2) is 0 Å². The van der Waals surface area contributed by atoms with Crippen LogP contribution in [0.5, 0.6) is 0 Å². The van der Waals surface area contributed by atoms with Crippen molar-refractivity contribution in [3.05, 3.63) is 35.9 Å². The number of esters is 1. The van der Waals surface area contributed by atoms with E-state index in [-0.39, 0.29) is 17.9 Å². The second kappa shape index (κ2) is 9.85. The van der Waals surface area contributed by atoms with Crippen LogP contribution in [0.4, 0.5) is 0 Å². The molecule has 1 unspecified atom stereocenters. The monoisotopic (exact) mass is 373 g/mol. The van der Waals surface area contributed by atoms with Crippen LogP contribution < -0.4 is 0 Å². The summed E-state index contributed by atoms with van der Waals surface area (Å²) in [7, 11) is 0. The van der Waals surface area contributed by atoms with Crippen LogP contribution in [0.25, 0.3) is 0 Å². The first kappa shape index (κ1) is 19.8. The number of carbonyl (C=O) groups is 2. The van der Waals surface area contributed by atoms with Gasteiger partial charge in [0, 0.05) is 32.7 Å². The SMILES string of the molecule is CCOC(=O)CN1CCCN(C(=O)C2CCCN2Cc2ccccc2)CC1. The molecular weight excluding hydrogens is 342 g/mol. The Morgan fingerprint density at radius 2 is 1.85 bits per heavy atom. The van der Waals surface area contributed by atoms with E-state index in [0.717, 1.165) is 52.0 Å². The molecule has 2 heterocycles. The third kappa shape index (κ3) is 5.53. The van der Waals surface area contributed by atoms with E-state index in [2.05, 4.69) is 34.1 Å². The topological polar surface area (TPSA) is 53.1 Å². The molecule has 2 fully saturated rings. The van der Waals surface area contributed by atoms with Crippen molar-refractivity contribution in [1.29, 1.82) is 0 Å². The highest BCUT2D eigenvalue weighted by molar-refractivity contribution is 5.82. The molecule has 0 saturated carbocycles. The molecule has 1 atom stereocenters. The quantitative estimate of drug-likeness (QED) is 0.711. The average molecular weight is 373 g/mol. The molecule has 0 aliphatic carbocycles. The lowest BCUT2D eigenvalue weighted by atomic mass is 10.1. The summed E-state index contributed by atoms with van der Waals surface area (Å²) in [4.78, 5) is 31.3. The van der Waals surface area contributed by atoms with Crippen LogP contribution in [-0.4, -0.2) is 78.5 Å². The first-order valence-corrected chi connectivity index (χ1v) is 10.1. The van der Waals surface area contributed by atoms with Crippen molar-refractivity contribution in [3.63, 3.8) is 0 Å². The summed E-state index contributed by atoms with van der Waals surface area (Å²) in [6.45, 7) is 7.39. The van der Waals surface area contributed by atoms with Crippen molar-refractivity contribution in [3.8, 4) is 0 Å². The zero-order chi connectivity index (χ0) is 19.1. The molecule has 2 saturated heterocycles. The number of hydrogen-bond acceptors (Lipinski definition) is 5. The van der Waals surface area contributed by atoms with Gasteiger partial charge in [-0.15, -0.1) is 0 Å². The number of amides is 1. The van der Waals surface area contributed by atoms with Crippen molar-refractivity contribution < 1.29 is 14.3 Å². The van der Waals surface area contributed by atoms with Crippen LogP contribution in [0.15, 0.2) is 30.3 Å². The summed E-state index contributed by atoms with van der Waals surface area (Å²) >= 11 is 0. The van der Waals surface area contributed by atoms with E-state index in [1.807, 2.05) is 17.9 Å². The van der Waals surface area contributed by atoms with Gasteiger partial charge >= 0.3 is 5.97 Å². The molecule has 0 spiro atoms. The van der Waals surface area contributed by atoms with Gasteiger partial charge in [0.1, 0.15) is 0 Å². The largest absolute Gasteiger partial charge is 0.465 e. The fourth-order valence-electron chi connectivity index (χ4n) is 4.06. The van der Waals surface area contributed by atoms with Crippen molar-refractivity contribution in [2.24, 2.45) is 0 Å². The lowest BCUT2D eigenvalue weighted by molar-refractivity contribution is -0.144. The molecule has 1 amide bonds. The summed E-state index contributed by atoms with van der Waals surface area (Å²) in [5.74, 6) is 0.0727. The minimum Gasteiger partial charge on any atom is -0.465 e. The predicted octanol–water partition coefficient (Wildman–Crippen LogP) is 1.75. The van der Waals surface area contributed by atoms with E-state index in [0.29, 0.717) is 19.7 Å². The molecule has 6 heteroatoms. The average Bonchev–Trinajstić information content (AvgIpc) is 3.00. The van der Waals surface area contributed by atoms with Crippen molar-refractivity contribution in [2.75, 3.05) is 45.9 Å². The van der Waals surface area contributed by atoms with E-state index in [9.17, 15) is 9.59 Å². The number of likely N-dealkylation sites (tertiary alicyclic amines) is 1. The van der Waals surface area contributed by atoms with E-state index >= 15 is 0 Å². The maximum absolute atomic E-state index is 13.2. The number of hydrogen-bond donors (Lipinski definition) is 0. The van der Waals surface area contributed by atoms with Gasteiger partial charge in [0.2, 0.25) is 5.91 Å².